The summed E-state index contributed by atoms with van der Waals surface area (Å²) < 4.78 is 5.24. The molecule has 0 aliphatic carbocycles. The zero-order chi connectivity index (χ0) is 12.7. The number of rotatable bonds is 7. The molecule has 6 heteroatoms. The summed E-state index contributed by atoms with van der Waals surface area (Å²) in [7, 11) is 0. The van der Waals surface area contributed by atoms with Gasteiger partial charge in [0.15, 0.2) is 5.82 Å². The first-order valence-corrected chi connectivity index (χ1v) is 6.87. The van der Waals surface area contributed by atoms with Gasteiger partial charge < -0.3 is 9.84 Å². The Morgan fingerprint density at radius 2 is 2.29 bits per heavy atom. The van der Waals surface area contributed by atoms with Gasteiger partial charge in [-0.25, -0.2) is 9.97 Å². The van der Waals surface area contributed by atoms with Crippen LogP contribution in [0.15, 0.2) is 11.1 Å². The standard InChI is InChI=1S/C11H17ClN2O2S/c1-3-16-6-10-13-9(12)4-11(14-10)17-7-8(2)5-15/h4,8,15H,3,5-7H2,1-2H3. The molecule has 0 saturated heterocycles. The number of thioether (sulfide) groups is 1. The first-order chi connectivity index (χ1) is 8.15. The summed E-state index contributed by atoms with van der Waals surface area (Å²) in [5.41, 5.74) is 0. The fourth-order valence-electron chi connectivity index (χ4n) is 1.05. The molecule has 0 aliphatic heterocycles. The van der Waals surface area contributed by atoms with Gasteiger partial charge in [-0.3, -0.25) is 0 Å². The van der Waals surface area contributed by atoms with Crippen molar-refractivity contribution in [3.05, 3.63) is 17.0 Å². The zero-order valence-corrected chi connectivity index (χ0v) is 11.6. The number of hydrogen-bond donors (Lipinski definition) is 1. The molecule has 1 N–H and O–H groups in total. The van der Waals surface area contributed by atoms with Crippen LogP contribution in [-0.2, 0) is 11.3 Å². The summed E-state index contributed by atoms with van der Waals surface area (Å²) >= 11 is 7.47. The number of halogens is 1. The van der Waals surface area contributed by atoms with Crippen molar-refractivity contribution in [1.82, 2.24) is 9.97 Å². The van der Waals surface area contributed by atoms with Crippen LogP contribution >= 0.6 is 23.4 Å². The van der Waals surface area contributed by atoms with Gasteiger partial charge in [-0.05, 0) is 12.8 Å². The van der Waals surface area contributed by atoms with Gasteiger partial charge in [0, 0.05) is 25.0 Å². The van der Waals surface area contributed by atoms with Crippen molar-refractivity contribution in [2.24, 2.45) is 5.92 Å². The van der Waals surface area contributed by atoms with E-state index in [9.17, 15) is 0 Å². The Labute approximate surface area is 111 Å². The minimum atomic E-state index is 0.178. The number of aliphatic hydroxyl groups excluding tert-OH is 1. The summed E-state index contributed by atoms with van der Waals surface area (Å²) in [6.45, 7) is 5.08. The van der Waals surface area contributed by atoms with E-state index in [1.165, 1.54) is 0 Å². The fourth-order valence-corrected chi connectivity index (χ4v) is 2.25. The van der Waals surface area contributed by atoms with Crippen molar-refractivity contribution in [2.45, 2.75) is 25.5 Å². The minimum Gasteiger partial charge on any atom is -0.396 e. The van der Waals surface area contributed by atoms with Crippen LogP contribution in [-0.4, -0.2) is 34.0 Å². The third-order valence-electron chi connectivity index (χ3n) is 1.98. The van der Waals surface area contributed by atoms with Crippen molar-refractivity contribution < 1.29 is 9.84 Å². The van der Waals surface area contributed by atoms with Crippen molar-refractivity contribution in [2.75, 3.05) is 19.0 Å². The molecule has 1 rings (SSSR count). The van der Waals surface area contributed by atoms with E-state index in [0.717, 1.165) is 10.8 Å². The van der Waals surface area contributed by atoms with Crippen LogP contribution in [0.1, 0.15) is 19.7 Å². The summed E-state index contributed by atoms with van der Waals surface area (Å²) in [6.07, 6.45) is 0. The van der Waals surface area contributed by atoms with E-state index in [2.05, 4.69) is 9.97 Å². The summed E-state index contributed by atoms with van der Waals surface area (Å²) in [5, 5.41) is 10.2. The zero-order valence-electron chi connectivity index (χ0n) is 10.0. The molecule has 4 nitrogen and oxygen atoms in total. The highest BCUT2D eigenvalue weighted by Gasteiger charge is 2.06. The van der Waals surface area contributed by atoms with Crippen LogP contribution in [0.25, 0.3) is 0 Å². The van der Waals surface area contributed by atoms with Crippen LogP contribution in [0.3, 0.4) is 0 Å². The molecule has 0 fully saturated rings. The molecule has 0 spiro atoms. The Morgan fingerprint density at radius 3 is 2.94 bits per heavy atom. The molecular weight excluding hydrogens is 260 g/mol. The SMILES string of the molecule is CCOCc1nc(Cl)cc(SCC(C)CO)n1. The van der Waals surface area contributed by atoms with Gasteiger partial charge in [0.1, 0.15) is 16.8 Å². The molecule has 1 atom stereocenters. The van der Waals surface area contributed by atoms with Gasteiger partial charge in [-0.2, -0.15) is 0 Å². The van der Waals surface area contributed by atoms with Crippen LogP contribution in [0.5, 0.6) is 0 Å². The number of aliphatic hydroxyl groups is 1. The summed E-state index contributed by atoms with van der Waals surface area (Å²) in [6, 6.07) is 1.73. The predicted octanol–water partition coefficient (Wildman–Crippen LogP) is 2.39. The maximum atomic E-state index is 8.95. The molecule has 0 radical (unpaired) electrons. The van der Waals surface area contributed by atoms with Crippen LogP contribution in [0.2, 0.25) is 5.15 Å². The topological polar surface area (TPSA) is 55.2 Å². The molecule has 0 saturated carbocycles. The second kappa shape index (κ2) is 7.87. The molecule has 0 bridgehead atoms. The summed E-state index contributed by atoms with van der Waals surface area (Å²) in [5.74, 6) is 1.64. The largest absolute Gasteiger partial charge is 0.396 e. The van der Waals surface area contributed by atoms with Gasteiger partial charge >= 0.3 is 0 Å². The third-order valence-corrected chi connectivity index (χ3v) is 3.41. The van der Waals surface area contributed by atoms with Crippen LogP contribution in [0.4, 0.5) is 0 Å². The van der Waals surface area contributed by atoms with Crippen LogP contribution < -0.4 is 0 Å². The third kappa shape index (κ3) is 5.68. The number of aromatic nitrogens is 2. The van der Waals surface area contributed by atoms with E-state index in [0.29, 0.717) is 24.2 Å². The summed E-state index contributed by atoms with van der Waals surface area (Å²) in [4.78, 5) is 8.42. The lowest BCUT2D eigenvalue weighted by atomic mass is 10.2. The Bertz CT molecular complexity index is 352. The normalized spacial score (nSPS) is 12.7. The highest BCUT2D eigenvalue weighted by molar-refractivity contribution is 7.99. The lowest BCUT2D eigenvalue weighted by Gasteiger charge is -2.08. The quantitative estimate of drug-likeness (QED) is 0.612. The Morgan fingerprint density at radius 1 is 1.53 bits per heavy atom. The average Bonchev–Trinajstić information content (AvgIpc) is 2.32. The van der Waals surface area contributed by atoms with Crippen LogP contribution in [0, 0.1) is 5.92 Å². The predicted molar refractivity (Wildman–Crippen MR) is 69.3 cm³/mol. The first-order valence-electron chi connectivity index (χ1n) is 5.50. The lowest BCUT2D eigenvalue weighted by Crippen LogP contribution is -2.05. The first kappa shape index (κ1) is 14.7. The van der Waals surface area contributed by atoms with E-state index in [1.54, 1.807) is 17.8 Å². The molecule has 0 aliphatic rings. The molecular formula is C11H17ClN2O2S. The molecule has 1 unspecified atom stereocenters. The van der Waals surface area contributed by atoms with Crippen molar-refractivity contribution >= 4 is 23.4 Å². The number of hydrogen-bond acceptors (Lipinski definition) is 5. The smallest absolute Gasteiger partial charge is 0.156 e. The Kier molecular flexibility index (Phi) is 6.80. The molecule has 0 amide bonds. The maximum absolute atomic E-state index is 8.95. The number of nitrogens with zero attached hydrogens (tertiary/aromatic N) is 2. The van der Waals surface area contributed by atoms with Gasteiger partial charge in [-0.1, -0.05) is 18.5 Å². The van der Waals surface area contributed by atoms with Crippen molar-refractivity contribution in [3.63, 3.8) is 0 Å². The highest BCUT2D eigenvalue weighted by atomic mass is 35.5. The molecule has 96 valence electrons. The maximum Gasteiger partial charge on any atom is 0.156 e. The van der Waals surface area contributed by atoms with Gasteiger partial charge in [-0.15, -0.1) is 11.8 Å². The number of ether oxygens (including phenoxy) is 1. The molecule has 1 heterocycles. The Balaban J connectivity index is 2.61. The molecule has 1 aromatic heterocycles. The molecule has 1 aromatic rings. The highest BCUT2D eigenvalue weighted by Crippen LogP contribution is 2.21. The van der Waals surface area contributed by atoms with Gasteiger partial charge in [0.25, 0.3) is 0 Å². The lowest BCUT2D eigenvalue weighted by molar-refractivity contribution is 0.128. The second-order valence-electron chi connectivity index (χ2n) is 3.68. The van der Waals surface area contributed by atoms with E-state index in [1.807, 2.05) is 13.8 Å². The van der Waals surface area contributed by atoms with E-state index in [-0.39, 0.29) is 12.5 Å². The second-order valence-corrected chi connectivity index (χ2v) is 5.11. The molecule has 0 aromatic carbocycles. The van der Waals surface area contributed by atoms with E-state index < -0.39 is 0 Å². The van der Waals surface area contributed by atoms with Crippen molar-refractivity contribution in [3.8, 4) is 0 Å². The van der Waals surface area contributed by atoms with Gasteiger partial charge in [0.05, 0.1) is 0 Å². The fraction of sp³-hybridized carbons (Fsp3) is 0.636. The average molecular weight is 277 g/mol. The van der Waals surface area contributed by atoms with E-state index in [4.69, 9.17) is 21.4 Å². The minimum absolute atomic E-state index is 0.178. The Hall–Kier alpha value is -0.360. The van der Waals surface area contributed by atoms with E-state index >= 15 is 0 Å². The molecule has 17 heavy (non-hydrogen) atoms. The van der Waals surface area contributed by atoms with Gasteiger partial charge in [0.2, 0.25) is 0 Å². The monoisotopic (exact) mass is 276 g/mol. The van der Waals surface area contributed by atoms with Crippen molar-refractivity contribution in [1.29, 1.82) is 0 Å².